The molecule has 0 heterocycles. The average Bonchev–Trinajstić information content (AvgIpc) is 3.10. The molecule has 10 heteroatoms. The van der Waals surface area contributed by atoms with Crippen LogP contribution in [0.25, 0.3) is 11.1 Å². The summed E-state index contributed by atoms with van der Waals surface area (Å²) in [5, 5.41) is 13.2. The summed E-state index contributed by atoms with van der Waals surface area (Å²) in [6.45, 7) is 1.60. The van der Waals surface area contributed by atoms with Gasteiger partial charge in [0.25, 0.3) is 0 Å². The normalized spacial score (nSPS) is 14.6. The van der Waals surface area contributed by atoms with E-state index >= 15 is 0 Å². The molecule has 1 aliphatic carbocycles. The summed E-state index contributed by atoms with van der Waals surface area (Å²) in [7, 11) is 0. The highest BCUT2D eigenvalue weighted by Crippen LogP contribution is 2.44. The Kier molecular flexibility index (Phi) is 8.03. The lowest BCUT2D eigenvalue weighted by Gasteiger charge is -2.22. The maximum absolute atomic E-state index is 13.5. The molecule has 0 bridgehead atoms. The van der Waals surface area contributed by atoms with Gasteiger partial charge in [-0.1, -0.05) is 62.4 Å². The van der Waals surface area contributed by atoms with Crippen molar-refractivity contribution in [3.63, 3.8) is 0 Å². The molecule has 0 fully saturated rings. The number of hydrogen-bond donors (Lipinski definition) is 3. The molecular weight excluding hydrogens is 465 g/mol. The summed E-state index contributed by atoms with van der Waals surface area (Å²) < 4.78 is 45.6. The maximum Gasteiger partial charge on any atom is 0.407 e. The largest absolute Gasteiger partial charge is 0.481 e. The van der Waals surface area contributed by atoms with Crippen molar-refractivity contribution in [1.82, 2.24) is 10.6 Å². The van der Waals surface area contributed by atoms with Crippen LogP contribution < -0.4 is 10.6 Å². The van der Waals surface area contributed by atoms with E-state index < -0.39 is 55.0 Å². The zero-order valence-electron chi connectivity index (χ0n) is 19.3. The number of rotatable bonds is 9. The quantitative estimate of drug-likeness (QED) is 0.487. The monoisotopic (exact) mass is 492 g/mol. The van der Waals surface area contributed by atoms with E-state index in [1.165, 1.54) is 0 Å². The lowest BCUT2D eigenvalue weighted by molar-refractivity contribution is -0.181. The van der Waals surface area contributed by atoms with Gasteiger partial charge >= 0.3 is 18.2 Å². The highest BCUT2D eigenvalue weighted by Gasteiger charge is 2.45. The van der Waals surface area contributed by atoms with Crippen molar-refractivity contribution >= 4 is 18.0 Å². The van der Waals surface area contributed by atoms with Gasteiger partial charge in [-0.2, -0.15) is 13.2 Å². The number of hydrogen-bond acceptors (Lipinski definition) is 4. The van der Waals surface area contributed by atoms with E-state index in [0.29, 0.717) is 0 Å². The fraction of sp³-hybridized carbons (Fsp3) is 0.400. The number of fused-ring (bicyclic) bond motifs is 3. The van der Waals surface area contributed by atoms with Crippen LogP contribution in [-0.2, 0) is 14.3 Å². The van der Waals surface area contributed by atoms with E-state index in [9.17, 15) is 27.6 Å². The minimum absolute atomic E-state index is 0.0859. The number of amides is 2. The molecule has 0 radical (unpaired) electrons. The molecule has 0 saturated heterocycles. The van der Waals surface area contributed by atoms with E-state index in [0.717, 1.165) is 22.3 Å². The van der Waals surface area contributed by atoms with Gasteiger partial charge in [-0.05, 0) is 28.2 Å². The molecule has 2 unspecified atom stereocenters. The van der Waals surface area contributed by atoms with Crippen molar-refractivity contribution in [2.75, 3.05) is 19.7 Å². The van der Waals surface area contributed by atoms with Crippen molar-refractivity contribution in [3.05, 3.63) is 59.7 Å². The SMILES string of the molecule is CC(C)C(CNC(=O)C(CNC(=O)OCC1c2ccccc2-c2ccccc21)C(F)(F)F)C(=O)O. The number of ether oxygens (including phenoxy) is 1. The summed E-state index contributed by atoms with van der Waals surface area (Å²) in [5.74, 6) is -6.88. The first-order chi connectivity index (χ1) is 16.5. The number of carboxylic acids is 1. The van der Waals surface area contributed by atoms with Crippen LogP contribution in [0.4, 0.5) is 18.0 Å². The summed E-state index contributed by atoms with van der Waals surface area (Å²) >= 11 is 0. The molecule has 3 rings (SSSR count). The van der Waals surface area contributed by atoms with Gasteiger partial charge in [0, 0.05) is 19.0 Å². The topological polar surface area (TPSA) is 105 Å². The minimum Gasteiger partial charge on any atom is -0.481 e. The molecule has 35 heavy (non-hydrogen) atoms. The maximum atomic E-state index is 13.5. The zero-order valence-corrected chi connectivity index (χ0v) is 19.3. The fourth-order valence-electron chi connectivity index (χ4n) is 4.13. The van der Waals surface area contributed by atoms with Crippen LogP contribution in [0.1, 0.15) is 30.9 Å². The molecule has 2 aromatic rings. The molecule has 7 nitrogen and oxygen atoms in total. The number of alkyl carbamates (subject to hydrolysis) is 1. The van der Waals surface area contributed by atoms with E-state index in [2.05, 4.69) is 0 Å². The van der Waals surface area contributed by atoms with Gasteiger partial charge < -0.3 is 20.5 Å². The van der Waals surface area contributed by atoms with Crippen LogP contribution in [0.15, 0.2) is 48.5 Å². The zero-order chi connectivity index (χ0) is 25.8. The first-order valence-corrected chi connectivity index (χ1v) is 11.2. The number of halogens is 3. The molecule has 0 saturated carbocycles. The first kappa shape index (κ1) is 26.1. The number of aliphatic carboxylic acids is 1. The van der Waals surface area contributed by atoms with E-state index in [1.807, 2.05) is 59.2 Å². The van der Waals surface area contributed by atoms with Gasteiger partial charge in [-0.3, -0.25) is 9.59 Å². The second-order valence-electron chi connectivity index (χ2n) is 8.73. The Hall–Kier alpha value is -3.56. The van der Waals surface area contributed by atoms with Gasteiger partial charge in [0.15, 0.2) is 5.92 Å². The van der Waals surface area contributed by atoms with Crippen LogP contribution in [0.5, 0.6) is 0 Å². The number of alkyl halides is 3. The summed E-state index contributed by atoms with van der Waals surface area (Å²) in [4.78, 5) is 35.6. The summed E-state index contributed by atoms with van der Waals surface area (Å²) in [6.07, 6.45) is -6.03. The fourth-order valence-corrected chi connectivity index (χ4v) is 4.13. The van der Waals surface area contributed by atoms with Crippen LogP contribution >= 0.6 is 0 Å². The van der Waals surface area contributed by atoms with E-state index in [1.54, 1.807) is 13.8 Å². The summed E-state index contributed by atoms with van der Waals surface area (Å²) in [5.41, 5.74) is 3.92. The molecule has 188 valence electrons. The van der Waals surface area contributed by atoms with Crippen LogP contribution in [0.3, 0.4) is 0 Å². The lowest BCUT2D eigenvalue weighted by Crippen LogP contribution is -2.48. The molecule has 2 amide bonds. The molecule has 0 aliphatic heterocycles. The number of benzene rings is 2. The number of carbonyl (C=O) groups excluding carboxylic acids is 2. The molecular formula is C25H27F3N2O5. The standard InChI is InChI=1S/C25H27F3N2O5/c1-14(2)19(23(32)33)11-29-22(31)21(25(26,27)28)12-30-24(34)35-13-20-17-9-5-3-7-15(17)16-8-4-6-10-18(16)20/h3-10,14,19-21H,11-13H2,1-2H3,(H,29,31)(H,30,34)(H,32,33). The summed E-state index contributed by atoms with van der Waals surface area (Å²) in [6, 6.07) is 15.2. The van der Waals surface area contributed by atoms with E-state index in [4.69, 9.17) is 9.84 Å². The predicted octanol–water partition coefficient (Wildman–Crippen LogP) is 4.18. The second-order valence-corrected chi connectivity index (χ2v) is 8.73. The van der Waals surface area contributed by atoms with Gasteiger partial charge in [0.1, 0.15) is 6.61 Å². The minimum atomic E-state index is -4.95. The predicted molar refractivity (Wildman–Crippen MR) is 122 cm³/mol. The number of nitrogens with one attached hydrogen (secondary N) is 2. The molecule has 0 aromatic heterocycles. The highest BCUT2D eigenvalue weighted by atomic mass is 19.4. The lowest BCUT2D eigenvalue weighted by atomic mass is 9.95. The third kappa shape index (κ3) is 6.12. The molecule has 3 N–H and O–H groups in total. The van der Waals surface area contributed by atoms with Crippen LogP contribution in [0.2, 0.25) is 0 Å². The Morgan fingerprint density at radius 3 is 1.97 bits per heavy atom. The third-order valence-electron chi connectivity index (χ3n) is 6.12. The molecule has 2 atom stereocenters. The number of carbonyl (C=O) groups is 3. The Morgan fingerprint density at radius 1 is 0.943 bits per heavy atom. The van der Waals surface area contributed by atoms with Crippen molar-refractivity contribution < 1.29 is 37.4 Å². The smallest absolute Gasteiger partial charge is 0.407 e. The number of carboxylic acid groups (broad SMARTS) is 1. The molecule has 1 aliphatic rings. The van der Waals surface area contributed by atoms with E-state index in [-0.39, 0.29) is 12.5 Å². The van der Waals surface area contributed by atoms with Crippen LogP contribution in [0, 0.1) is 17.8 Å². The average molecular weight is 492 g/mol. The van der Waals surface area contributed by atoms with Crippen molar-refractivity contribution in [2.45, 2.75) is 25.9 Å². The Labute approximate surface area is 200 Å². The Balaban J connectivity index is 1.59. The van der Waals surface area contributed by atoms with Crippen molar-refractivity contribution in [3.8, 4) is 11.1 Å². The van der Waals surface area contributed by atoms with Crippen LogP contribution in [-0.4, -0.2) is 48.9 Å². The second kappa shape index (κ2) is 10.8. The highest BCUT2D eigenvalue weighted by molar-refractivity contribution is 5.81. The van der Waals surface area contributed by atoms with Crippen molar-refractivity contribution in [2.24, 2.45) is 17.8 Å². The molecule has 2 aromatic carbocycles. The van der Waals surface area contributed by atoms with Gasteiger partial charge in [-0.15, -0.1) is 0 Å². The van der Waals surface area contributed by atoms with Crippen molar-refractivity contribution in [1.29, 1.82) is 0 Å². The first-order valence-electron chi connectivity index (χ1n) is 11.2. The molecule has 0 spiro atoms. The Morgan fingerprint density at radius 2 is 1.49 bits per heavy atom. The van der Waals surface area contributed by atoms with Gasteiger partial charge in [0.05, 0.1) is 5.92 Å². The third-order valence-corrected chi connectivity index (χ3v) is 6.12. The Bertz CT molecular complexity index is 1040. The van der Waals surface area contributed by atoms with Gasteiger partial charge in [-0.25, -0.2) is 4.79 Å². The van der Waals surface area contributed by atoms with Gasteiger partial charge in [0.2, 0.25) is 5.91 Å².